The van der Waals surface area contributed by atoms with Gasteiger partial charge in [0.15, 0.2) is 6.61 Å². The van der Waals surface area contributed by atoms with Gasteiger partial charge in [0.25, 0.3) is 5.91 Å². The quantitative estimate of drug-likeness (QED) is 0.882. The number of rotatable bonds is 5. The molecular formula is C14H15Cl2NO5. The number of morpholine rings is 1. The minimum Gasteiger partial charge on any atom is -0.484 e. The minimum absolute atomic E-state index is 0.154. The van der Waals surface area contributed by atoms with Crippen molar-refractivity contribution in [3.8, 4) is 5.75 Å². The van der Waals surface area contributed by atoms with Crippen molar-refractivity contribution in [2.45, 2.75) is 12.5 Å². The fraction of sp³-hybridized carbons (Fsp3) is 0.429. The van der Waals surface area contributed by atoms with Crippen molar-refractivity contribution in [2.24, 2.45) is 0 Å². The number of carbonyl (C=O) groups is 2. The van der Waals surface area contributed by atoms with Gasteiger partial charge in [-0.3, -0.25) is 9.59 Å². The van der Waals surface area contributed by atoms with E-state index in [-0.39, 0.29) is 25.5 Å². The molecule has 0 saturated carbocycles. The Morgan fingerprint density at radius 3 is 2.82 bits per heavy atom. The number of amides is 1. The summed E-state index contributed by atoms with van der Waals surface area (Å²) in [5, 5.41) is 9.61. The Kier molecular flexibility index (Phi) is 5.88. The average molecular weight is 348 g/mol. The number of ether oxygens (including phenoxy) is 2. The van der Waals surface area contributed by atoms with Crippen molar-refractivity contribution in [1.29, 1.82) is 0 Å². The standard InChI is InChI=1S/C14H15Cl2NO5/c15-11-2-1-10(6-12(11)16)22-8-13(18)17-3-4-21-7-9(17)5-14(19)20/h1-2,6,9H,3-5,7-8H2,(H,19,20). The number of halogens is 2. The van der Waals surface area contributed by atoms with E-state index in [2.05, 4.69) is 0 Å². The van der Waals surface area contributed by atoms with Crippen LogP contribution in [0.1, 0.15) is 6.42 Å². The molecule has 1 aliphatic heterocycles. The summed E-state index contributed by atoms with van der Waals surface area (Å²) in [5.74, 6) is -0.842. The molecule has 2 rings (SSSR count). The molecule has 6 nitrogen and oxygen atoms in total. The Hall–Kier alpha value is -1.50. The molecular weight excluding hydrogens is 333 g/mol. The van der Waals surface area contributed by atoms with Crippen LogP contribution in [0.5, 0.6) is 5.75 Å². The van der Waals surface area contributed by atoms with Gasteiger partial charge in [0.2, 0.25) is 0 Å². The van der Waals surface area contributed by atoms with E-state index in [9.17, 15) is 9.59 Å². The van der Waals surface area contributed by atoms with E-state index in [0.717, 1.165) is 0 Å². The van der Waals surface area contributed by atoms with Crippen molar-refractivity contribution >= 4 is 35.1 Å². The maximum atomic E-state index is 12.2. The van der Waals surface area contributed by atoms with Gasteiger partial charge in [-0.1, -0.05) is 23.2 Å². The third kappa shape index (κ3) is 4.50. The lowest BCUT2D eigenvalue weighted by atomic mass is 10.1. The average Bonchev–Trinajstić information content (AvgIpc) is 2.48. The van der Waals surface area contributed by atoms with Crippen molar-refractivity contribution in [3.63, 3.8) is 0 Å². The van der Waals surface area contributed by atoms with Crippen LogP contribution in [0, 0.1) is 0 Å². The molecule has 0 radical (unpaired) electrons. The minimum atomic E-state index is -0.973. The molecule has 22 heavy (non-hydrogen) atoms. The highest BCUT2D eigenvalue weighted by Crippen LogP contribution is 2.26. The van der Waals surface area contributed by atoms with Crippen molar-refractivity contribution < 1.29 is 24.2 Å². The summed E-state index contributed by atoms with van der Waals surface area (Å²) >= 11 is 11.7. The largest absolute Gasteiger partial charge is 0.484 e. The van der Waals surface area contributed by atoms with E-state index in [1.807, 2.05) is 0 Å². The van der Waals surface area contributed by atoms with E-state index in [0.29, 0.717) is 28.9 Å². The maximum absolute atomic E-state index is 12.2. The molecule has 1 N–H and O–H groups in total. The molecule has 0 aromatic heterocycles. The van der Waals surface area contributed by atoms with Gasteiger partial charge in [-0.25, -0.2) is 0 Å². The highest BCUT2D eigenvalue weighted by atomic mass is 35.5. The number of aliphatic carboxylic acids is 1. The van der Waals surface area contributed by atoms with Gasteiger partial charge in [-0.15, -0.1) is 0 Å². The molecule has 0 aliphatic carbocycles. The molecule has 1 aromatic rings. The lowest BCUT2D eigenvalue weighted by molar-refractivity contribution is -0.147. The summed E-state index contributed by atoms with van der Waals surface area (Å²) in [5.41, 5.74) is 0. The van der Waals surface area contributed by atoms with Crippen molar-refractivity contribution in [3.05, 3.63) is 28.2 Å². The number of hydrogen-bond donors (Lipinski definition) is 1. The fourth-order valence-corrected chi connectivity index (χ4v) is 2.44. The Morgan fingerprint density at radius 2 is 2.14 bits per heavy atom. The smallest absolute Gasteiger partial charge is 0.305 e. The highest BCUT2D eigenvalue weighted by molar-refractivity contribution is 6.42. The first-order valence-electron chi connectivity index (χ1n) is 6.64. The zero-order valence-electron chi connectivity index (χ0n) is 11.6. The van der Waals surface area contributed by atoms with Crippen LogP contribution in [0.15, 0.2) is 18.2 Å². The summed E-state index contributed by atoms with van der Waals surface area (Å²) in [4.78, 5) is 24.5. The monoisotopic (exact) mass is 347 g/mol. The van der Waals surface area contributed by atoms with Crippen molar-refractivity contribution in [2.75, 3.05) is 26.4 Å². The molecule has 1 aliphatic rings. The first-order chi connectivity index (χ1) is 10.5. The van der Waals surface area contributed by atoms with Crippen LogP contribution in [0.2, 0.25) is 10.0 Å². The maximum Gasteiger partial charge on any atom is 0.305 e. The van der Waals surface area contributed by atoms with Crippen LogP contribution in [0.3, 0.4) is 0 Å². The number of carboxylic acid groups (broad SMARTS) is 1. The predicted molar refractivity (Wildman–Crippen MR) is 80.5 cm³/mol. The van der Waals surface area contributed by atoms with Crippen LogP contribution < -0.4 is 4.74 Å². The zero-order valence-corrected chi connectivity index (χ0v) is 13.1. The molecule has 1 amide bonds. The zero-order chi connectivity index (χ0) is 16.1. The van der Waals surface area contributed by atoms with Gasteiger partial charge >= 0.3 is 5.97 Å². The molecule has 1 fully saturated rings. The summed E-state index contributed by atoms with van der Waals surface area (Å²) in [7, 11) is 0. The fourth-order valence-electron chi connectivity index (χ4n) is 2.15. The van der Waals surface area contributed by atoms with Gasteiger partial charge in [-0.05, 0) is 12.1 Å². The van der Waals surface area contributed by atoms with Crippen LogP contribution in [-0.2, 0) is 14.3 Å². The molecule has 1 saturated heterocycles. The van der Waals surface area contributed by atoms with Gasteiger partial charge < -0.3 is 19.5 Å². The number of hydrogen-bond acceptors (Lipinski definition) is 4. The van der Waals surface area contributed by atoms with Crippen LogP contribution >= 0.6 is 23.2 Å². The summed E-state index contributed by atoms with van der Waals surface area (Å²) in [6.45, 7) is 0.745. The molecule has 0 spiro atoms. The van der Waals surface area contributed by atoms with Crippen LogP contribution in [0.25, 0.3) is 0 Å². The predicted octanol–water partition coefficient (Wildman–Crippen LogP) is 2.07. The number of benzene rings is 1. The van der Waals surface area contributed by atoms with E-state index in [1.165, 1.54) is 11.0 Å². The Bertz CT molecular complexity index is 566. The molecule has 1 aromatic carbocycles. The SMILES string of the molecule is O=C(O)CC1COCCN1C(=O)COc1ccc(Cl)c(Cl)c1. The normalized spacial score (nSPS) is 18.1. The summed E-state index contributed by atoms with van der Waals surface area (Å²) in [6.07, 6.45) is -0.154. The Morgan fingerprint density at radius 1 is 1.36 bits per heavy atom. The molecule has 1 unspecified atom stereocenters. The topological polar surface area (TPSA) is 76.1 Å². The molecule has 0 bridgehead atoms. The molecule has 8 heteroatoms. The Labute approximate surface area is 137 Å². The lowest BCUT2D eigenvalue weighted by Crippen LogP contribution is -2.51. The Balaban J connectivity index is 1.94. The van der Waals surface area contributed by atoms with Gasteiger partial charge in [0, 0.05) is 12.6 Å². The second-order valence-corrected chi connectivity index (χ2v) is 5.59. The first-order valence-corrected chi connectivity index (χ1v) is 7.40. The summed E-state index contributed by atoms with van der Waals surface area (Å²) < 4.78 is 10.6. The first kappa shape index (κ1) is 16.9. The lowest BCUT2D eigenvalue weighted by Gasteiger charge is -2.34. The third-order valence-electron chi connectivity index (χ3n) is 3.21. The third-order valence-corrected chi connectivity index (χ3v) is 3.95. The van der Waals surface area contributed by atoms with E-state index < -0.39 is 12.0 Å². The van der Waals surface area contributed by atoms with E-state index in [4.69, 9.17) is 37.8 Å². The van der Waals surface area contributed by atoms with E-state index >= 15 is 0 Å². The van der Waals surface area contributed by atoms with Gasteiger partial charge in [-0.2, -0.15) is 0 Å². The van der Waals surface area contributed by atoms with Crippen LogP contribution in [-0.4, -0.2) is 54.3 Å². The molecule has 120 valence electrons. The molecule has 1 heterocycles. The number of carbonyl (C=O) groups excluding carboxylic acids is 1. The number of carboxylic acids is 1. The van der Waals surface area contributed by atoms with E-state index in [1.54, 1.807) is 12.1 Å². The van der Waals surface area contributed by atoms with Gasteiger partial charge in [0.1, 0.15) is 5.75 Å². The molecule has 1 atom stereocenters. The van der Waals surface area contributed by atoms with Crippen molar-refractivity contribution in [1.82, 2.24) is 4.90 Å². The number of nitrogens with zero attached hydrogens (tertiary/aromatic N) is 1. The summed E-state index contributed by atoms with van der Waals surface area (Å²) in [6, 6.07) is 4.23. The second kappa shape index (κ2) is 7.67. The van der Waals surface area contributed by atoms with Crippen LogP contribution in [0.4, 0.5) is 0 Å². The van der Waals surface area contributed by atoms with Gasteiger partial charge in [0.05, 0.1) is 35.7 Å². The highest BCUT2D eigenvalue weighted by Gasteiger charge is 2.29. The second-order valence-electron chi connectivity index (χ2n) is 4.78.